The SMILES string of the molecule is CCCCCCCN(C(=O)C(CO)NC(=O)OC(C)(C)C)C(C(=O)NC(C)C)c1c(C)cccc1C. The van der Waals surface area contributed by atoms with Gasteiger partial charge in [-0.15, -0.1) is 0 Å². The van der Waals surface area contributed by atoms with E-state index in [0.29, 0.717) is 13.0 Å². The van der Waals surface area contributed by atoms with Gasteiger partial charge in [-0.2, -0.15) is 0 Å². The van der Waals surface area contributed by atoms with Crippen LogP contribution in [-0.4, -0.2) is 58.8 Å². The number of carbonyl (C=O) groups excluding carboxylic acids is 3. The summed E-state index contributed by atoms with van der Waals surface area (Å²) in [5.74, 6) is -0.816. The number of ether oxygens (including phenoxy) is 1. The van der Waals surface area contributed by atoms with Gasteiger partial charge < -0.3 is 25.4 Å². The second-order valence-electron chi connectivity index (χ2n) is 10.7. The molecule has 2 atom stereocenters. The first-order valence-electron chi connectivity index (χ1n) is 13.1. The number of alkyl carbamates (subject to hydrolysis) is 1. The molecule has 0 aliphatic rings. The fourth-order valence-electron chi connectivity index (χ4n) is 4.14. The van der Waals surface area contributed by atoms with Crippen LogP contribution in [-0.2, 0) is 14.3 Å². The molecule has 8 nitrogen and oxygen atoms in total. The third-order valence-electron chi connectivity index (χ3n) is 5.76. The molecule has 0 heterocycles. The van der Waals surface area contributed by atoms with E-state index in [1.807, 2.05) is 45.9 Å². The maximum absolute atomic E-state index is 13.8. The maximum Gasteiger partial charge on any atom is 0.408 e. The fourth-order valence-corrected chi connectivity index (χ4v) is 4.14. The highest BCUT2D eigenvalue weighted by Crippen LogP contribution is 2.29. The van der Waals surface area contributed by atoms with Gasteiger partial charge in [-0.05, 0) is 71.6 Å². The first kappa shape index (κ1) is 31.4. The zero-order valence-corrected chi connectivity index (χ0v) is 23.4. The second-order valence-corrected chi connectivity index (χ2v) is 10.7. The Balaban J connectivity index is 3.44. The molecular weight excluding hydrogens is 458 g/mol. The number of hydrogen-bond donors (Lipinski definition) is 3. The van der Waals surface area contributed by atoms with Gasteiger partial charge in [-0.25, -0.2) is 4.79 Å². The Morgan fingerprint density at radius 3 is 2.08 bits per heavy atom. The van der Waals surface area contributed by atoms with Crippen LogP contribution in [0.25, 0.3) is 0 Å². The Morgan fingerprint density at radius 1 is 1.00 bits per heavy atom. The molecule has 0 aliphatic carbocycles. The number of benzene rings is 1. The van der Waals surface area contributed by atoms with Crippen molar-refractivity contribution < 1.29 is 24.2 Å². The van der Waals surface area contributed by atoms with Crippen LogP contribution in [0.3, 0.4) is 0 Å². The first-order chi connectivity index (χ1) is 16.8. The standard InChI is InChI=1S/C28H47N3O5/c1-9-10-11-12-13-17-31(26(34)22(18-32)30-27(35)36-28(6,7)8)24(25(33)29-19(2)3)23-20(4)15-14-16-21(23)5/h14-16,19,22,24,32H,9-13,17-18H2,1-8H3,(H,29,33)(H,30,35). The molecule has 1 rings (SSSR count). The minimum atomic E-state index is -1.24. The van der Waals surface area contributed by atoms with Gasteiger partial charge in [-0.3, -0.25) is 9.59 Å². The number of amides is 3. The van der Waals surface area contributed by atoms with Crippen molar-refractivity contribution in [3.05, 3.63) is 34.9 Å². The highest BCUT2D eigenvalue weighted by Gasteiger charge is 2.37. The van der Waals surface area contributed by atoms with Crippen LogP contribution in [0.1, 0.15) is 96.4 Å². The Kier molecular flexibility index (Phi) is 12.9. The monoisotopic (exact) mass is 505 g/mol. The van der Waals surface area contributed by atoms with Crippen LogP contribution >= 0.6 is 0 Å². The van der Waals surface area contributed by atoms with Crippen LogP contribution < -0.4 is 10.6 Å². The predicted molar refractivity (Wildman–Crippen MR) is 143 cm³/mol. The van der Waals surface area contributed by atoms with E-state index in [9.17, 15) is 19.5 Å². The molecule has 0 radical (unpaired) electrons. The van der Waals surface area contributed by atoms with Gasteiger partial charge in [-0.1, -0.05) is 50.8 Å². The highest BCUT2D eigenvalue weighted by atomic mass is 16.6. The number of unbranched alkanes of at least 4 members (excludes halogenated alkanes) is 4. The molecule has 36 heavy (non-hydrogen) atoms. The minimum Gasteiger partial charge on any atom is -0.444 e. The fraction of sp³-hybridized carbons (Fsp3) is 0.679. The number of nitrogens with zero attached hydrogens (tertiary/aromatic N) is 1. The van der Waals surface area contributed by atoms with Gasteiger partial charge in [0.15, 0.2) is 0 Å². The van der Waals surface area contributed by atoms with Crippen molar-refractivity contribution in [2.75, 3.05) is 13.2 Å². The lowest BCUT2D eigenvalue weighted by atomic mass is 9.93. The van der Waals surface area contributed by atoms with E-state index >= 15 is 0 Å². The molecular formula is C28H47N3O5. The third-order valence-corrected chi connectivity index (χ3v) is 5.76. The van der Waals surface area contributed by atoms with E-state index in [1.165, 1.54) is 4.90 Å². The van der Waals surface area contributed by atoms with E-state index < -0.39 is 36.3 Å². The van der Waals surface area contributed by atoms with Crippen molar-refractivity contribution in [1.29, 1.82) is 0 Å². The summed E-state index contributed by atoms with van der Waals surface area (Å²) >= 11 is 0. The summed E-state index contributed by atoms with van der Waals surface area (Å²) in [6.07, 6.45) is 4.04. The number of aliphatic hydroxyl groups is 1. The van der Waals surface area contributed by atoms with Crippen molar-refractivity contribution in [3.8, 4) is 0 Å². The number of carbonyl (C=O) groups is 3. The molecule has 0 fully saturated rings. The van der Waals surface area contributed by atoms with Crippen LogP contribution in [0.2, 0.25) is 0 Å². The van der Waals surface area contributed by atoms with E-state index in [-0.39, 0.29) is 11.9 Å². The lowest BCUT2D eigenvalue weighted by Gasteiger charge is -2.36. The number of aryl methyl sites for hydroxylation is 2. The molecule has 0 aromatic heterocycles. The number of aliphatic hydroxyl groups excluding tert-OH is 1. The highest BCUT2D eigenvalue weighted by molar-refractivity contribution is 5.92. The lowest BCUT2D eigenvalue weighted by Crippen LogP contribution is -2.55. The molecule has 2 unspecified atom stereocenters. The Morgan fingerprint density at radius 2 is 1.58 bits per heavy atom. The summed E-state index contributed by atoms with van der Waals surface area (Å²) < 4.78 is 5.30. The van der Waals surface area contributed by atoms with Gasteiger partial charge in [0.2, 0.25) is 11.8 Å². The van der Waals surface area contributed by atoms with Gasteiger partial charge in [0.1, 0.15) is 17.7 Å². The van der Waals surface area contributed by atoms with Crippen molar-refractivity contribution in [2.45, 2.75) is 111 Å². The third kappa shape index (κ3) is 10.2. The first-order valence-corrected chi connectivity index (χ1v) is 13.1. The smallest absolute Gasteiger partial charge is 0.408 e. The summed E-state index contributed by atoms with van der Waals surface area (Å²) in [7, 11) is 0. The van der Waals surface area contributed by atoms with Crippen molar-refractivity contribution in [2.24, 2.45) is 0 Å². The molecule has 1 aromatic carbocycles. The Labute approximate surface area is 217 Å². The van der Waals surface area contributed by atoms with Crippen LogP contribution in [0, 0.1) is 13.8 Å². The van der Waals surface area contributed by atoms with E-state index in [0.717, 1.165) is 42.4 Å². The van der Waals surface area contributed by atoms with Crippen LogP contribution in [0.5, 0.6) is 0 Å². The Hall–Kier alpha value is -2.61. The molecule has 0 bridgehead atoms. The number of nitrogens with one attached hydrogen (secondary N) is 2. The van der Waals surface area contributed by atoms with E-state index in [2.05, 4.69) is 17.6 Å². The molecule has 0 saturated heterocycles. The molecule has 3 N–H and O–H groups in total. The van der Waals surface area contributed by atoms with Crippen LogP contribution in [0.4, 0.5) is 4.79 Å². The minimum absolute atomic E-state index is 0.126. The summed E-state index contributed by atoms with van der Waals surface area (Å²) in [6, 6.07) is 3.49. The van der Waals surface area contributed by atoms with E-state index in [4.69, 9.17) is 4.74 Å². The van der Waals surface area contributed by atoms with Gasteiger partial charge in [0.25, 0.3) is 0 Å². The number of hydrogen-bond acceptors (Lipinski definition) is 5. The zero-order chi connectivity index (χ0) is 27.5. The maximum atomic E-state index is 13.8. The largest absolute Gasteiger partial charge is 0.444 e. The molecule has 1 aromatic rings. The molecule has 204 valence electrons. The summed E-state index contributed by atoms with van der Waals surface area (Å²) in [5, 5.41) is 15.5. The average molecular weight is 506 g/mol. The summed E-state index contributed by atoms with van der Waals surface area (Å²) in [4.78, 5) is 41.4. The topological polar surface area (TPSA) is 108 Å². The normalized spacial score (nSPS) is 13.2. The Bertz CT molecular complexity index is 843. The zero-order valence-electron chi connectivity index (χ0n) is 23.4. The summed E-state index contributed by atoms with van der Waals surface area (Å²) in [6.45, 7) is 14.6. The van der Waals surface area contributed by atoms with E-state index in [1.54, 1.807) is 20.8 Å². The van der Waals surface area contributed by atoms with Crippen molar-refractivity contribution in [1.82, 2.24) is 15.5 Å². The average Bonchev–Trinajstić information content (AvgIpc) is 2.75. The van der Waals surface area contributed by atoms with Crippen molar-refractivity contribution in [3.63, 3.8) is 0 Å². The van der Waals surface area contributed by atoms with Gasteiger partial charge in [0.05, 0.1) is 6.61 Å². The molecule has 0 saturated carbocycles. The second kappa shape index (κ2) is 14.8. The molecule has 8 heteroatoms. The predicted octanol–water partition coefficient (Wildman–Crippen LogP) is 4.55. The van der Waals surface area contributed by atoms with Gasteiger partial charge in [0, 0.05) is 12.6 Å². The lowest BCUT2D eigenvalue weighted by molar-refractivity contribution is -0.143. The molecule has 0 spiro atoms. The quantitative estimate of drug-likeness (QED) is 0.341. The molecule has 3 amide bonds. The van der Waals surface area contributed by atoms with Crippen molar-refractivity contribution >= 4 is 17.9 Å². The summed E-state index contributed by atoms with van der Waals surface area (Å²) in [5.41, 5.74) is 1.78. The number of rotatable bonds is 13. The van der Waals surface area contributed by atoms with Gasteiger partial charge >= 0.3 is 6.09 Å². The molecule has 0 aliphatic heterocycles. The van der Waals surface area contributed by atoms with Crippen LogP contribution in [0.15, 0.2) is 18.2 Å².